The van der Waals surface area contributed by atoms with Crippen LogP contribution in [0.3, 0.4) is 0 Å². The Bertz CT molecular complexity index is 797. The van der Waals surface area contributed by atoms with Crippen molar-refractivity contribution in [1.29, 1.82) is 5.26 Å². The van der Waals surface area contributed by atoms with Crippen LogP contribution in [0.2, 0.25) is 0 Å². The van der Waals surface area contributed by atoms with E-state index in [0.29, 0.717) is 18.0 Å². The smallest absolute Gasteiger partial charge is 0.249 e. The first-order valence-corrected chi connectivity index (χ1v) is 7.78. The number of halogens is 1. The number of ketones is 1. The molecule has 0 heterocycles. The predicted molar refractivity (Wildman–Crippen MR) is 90.7 cm³/mol. The molecule has 0 aliphatic heterocycles. The van der Waals surface area contributed by atoms with Crippen molar-refractivity contribution in [3.05, 3.63) is 59.9 Å². The van der Waals surface area contributed by atoms with Crippen LogP contribution in [-0.2, 0) is 4.79 Å². The number of nitrogens with zero attached hydrogens (tertiary/aromatic N) is 1. The topological polar surface area (TPSA) is 79.2 Å². The normalized spacial score (nSPS) is 11.2. The van der Waals surface area contributed by atoms with Gasteiger partial charge in [0.05, 0.1) is 12.7 Å². The van der Waals surface area contributed by atoms with E-state index in [-0.39, 0.29) is 5.56 Å². The van der Waals surface area contributed by atoms with Gasteiger partial charge in [0.1, 0.15) is 11.6 Å². The van der Waals surface area contributed by atoms with Gasteiger partial charge in [-0.15, -0.1) is 0 Å². The minimum absolute atomic E-state index is 0.217. The number of carbonyl (C=O) groups excluding carboxylic acids is 2. The van der Waals surface area contributed by atoms with E-state index in [2.05, 4.69) is 5.32 Å². The lowest BCUT2D eigenvalue weighted by atomic mass is 9.97. The molecule has 2 rings (SSSR count). The Morgan fingerprint density at radius 2 is 1.96 bits per heavy atom. The largest absolute Gasteiger partial charge is 0.494 e. The van der Waals surface area contributed by atoms with Crippen molar-refractivity contribution in [3.63, 3.8) is 0 Å². The molecule has 6 heteroatoms. The monoisotopic (exact) mass is 340 g/mol. The summed E-state index contributed by atoms with van der Waals surface area (Å²) in [6, 6.07) is 13.1. The molecule has 25 heavy (non-hydrogen) atoms. The summed E-state index contributed by atoms with van der Waals surface area (Å²) in [5.41, 5.74) is 0.522. The third-order valence-corrected chi connectivity index (χ3v) is 3.36. The van der Waals surface area contributed by atoms with Gasteiger partial charge in [-0.25, -0.2) is 4.39 Å². The van der Waals surface area contributed by atoms with E-state index in [1.54, 1.807) is 18.2 Å². The van der Waals surface area contributed by atoms with E-state index in [1.165, 1.54) is 36.4 Å². The number of carbonyl (C=O) groups is 2. The van der Waals surface area contributed by atoms with E-state index in [4.69, 9.17) is 4.74 Å². The molecule has 0 aliphatic rings. The van der Waals surface area contributed by atoms with Crippen molar-refractivity contribution in [2.45, 2.75) is 13.3 Å². The van der Waals surface area contributed by atoms with Gasteiger partial charge in [0.25, 0.3) is 0 Å². The predicted octanol–water partition coefficient (Wildman–Crippen LogP) is 3.58. The highest BCUT2D eigenvalue weighted by Gasteiger charge is 2.28. The Hall–Kier alpha value is -3.20. The van der Waals surface area contributed by atoms with E-state index in [0.717, 1.165) is 6.42 Å². The summed E-state index contributed by atoms with van der Waals surface area (Å²) in [5.74, 6) is -2.84. The Kier molecular flexibility index (Phi) is 6.24. The highest BCUT2D eigenvalue weighted by Crippen LogP contribution is 2.18. The highest BCUT2D eigenvalue weighted by atomic mass is 19.1. The number of amides is 1. The molecule has 5 nitrogen and oxygen atoms in total. The number of Topliss-reactive ketones (excluding diaryl/α,β-unsaturated/α-hetero) is 1. The van der Waals surface area contributed by atoms with Crippen molar-refractivity contribution >= 4 is 17.4 Å². The highest BCUT2D eigenvalue weighted by molar-refractivity contribution is 6.15. The summed E-state index contributed by atoms with van der Waals surface area (Å²) >= 11 is 0. The first-order valence-electron chi connectivity index (χ1n) is 7.78. The van der Waals surface area contributed by atoms with Crippen molar-refractivity contribution in [3.8, 4) is 11.8 Å². The van der Waals surface area contributed by atoms with Crippen LogP contribution in [0, 0.1) is 23.1 Å². The van der Waals surface area contributed by atoms with E-state index in [1.807, 2.05) is 6.92 Å². The Balaban J connectivity index is 2.13. The molecular formula is C19H17FN2O3. The molecule has 0 unspecified atom stereocenters. The fourth-order valence-corrected chi connectivity index (χ4v) is 2.11. The summed E-state index contributed by atoms with van der Waals surface area (Å²) in [6.07, 6.45) is 0.819. The van der Waals surface area contributed by atoms with Crippen LogP contribution < -0.4 is 10.1 Å². The minimum atomic E-state index is -1.51. The Morgan fingerprint density at radius 1 is 1.24 bits per heavy atom. The van der Waals surface area contributed by atoms with E-state index in [9.17, 15) is 19.2 Å². The van der Waals surface area contributed by atoms with Gasteiger partial charge in [-0.2, -0.15) is 5.26 Å². The van der Waals surface area contributed by atoms with E-state index < -0.39 is 23.4 Å². The average molecular weight is 340 g/mol. The van der Waals surface area contributed by atoms with Crippen LogP contribution in [0.5, 0.6) is 5.75 Å². The first-order chi connectivity index (χ1) is 12.0. The molecule has 0 saturated heterocycles. The van der Waals surface area contributed by atoms with Gasteiger partial charge < -0.3 is 10.1 Å². The van der Waals surface area contributed by atoms with Crippen LogP contribution in [-0.4, -0.2) is 18.3 Å². The number of ether oxygens (including phenoxy) is 1. The zero-order valence-electron chi connectivity index (χ0n) is 13.7. The molecule has 1 atom stereocenters. The lowest BCUT2D eigenvalue weighted by Gasteiger charge is -2.11. The van der Waals surface area contributed by atoms with Gasteiger partial charge in [0.15, 0.2) is 11.7 Å². The molecule has 2 aromatic rings. The Morgan fingerprint density at radius 3 is 2.60 bits per heavy atom. The Labute approximate surface area is 145 Å². The standard InChI is InChI=1S/C19H17FN2O3/c1-2-10-25-16-5-3-4-13(11-16)18(23)17(12-21)19(24)22-15-8-6-14(20)7-9-15/h3-9,11,17H,2,10H2,1H3,(H,22,24)/t17-/m1/s1. The third kappa shape index (κ3) is 4.88. The number of benzene rings is 2. The first kappa shape index (κ1) is 18.1. The molecule has 0 aliphatic carbocycles. The quantitative estimate of drug-likeness (QED) is 0.617. The van der Waals surface area contributed by atoms with Crippen LogP contribution in [0.25, 0.3) is 0 Å². The molecular weight excluding hydrogens is 323 g/mol. The maximum Gasteiger partial charge on any atom is 0.249 e. The van der Waals surface area contributed by atoms with Crippen LogP contribution >= 0.6 is 0 Å². The van der Waals surface area contributed by atoms with Gasteiger partial charge >= 0.3 is 0 Å². The van der Waals surface area contributed by atoms with Crippen molar-refractivity contribution in [1.82, 2.24) is 0 Å². The number of hydrogen-bond acceptors (Lipinski definition) is 4. The second kappa shape index (κ2) is 8.60. The summed E-state index contributed by atoms with van der Waals surface area (Å²) < 4.78 is 18.3. The van der Waals surface area contributed by atoms with Crippen molar-refractivity contribution < 1.29 is 18.7 Å². The average Bonchev–Trinajstić information content (AvgIpc) is 2.62. The van der Waals surface area contributed by atoms with Gasteiger partial charge in [0, 0.05) is 11.3 Å². The van der Waals surface area contributed by atoms with Gasteiger partial charge in [0.2, 0.25) is 5.91 Å². The zero-order valence-corrected chi connectivity index (χ0v) is 13.7. The van der Waals surface area contributed by atoms with E-state index >= 15 is 0 Å². The molecule has 128 valence electrons. The van der Waals surface area contributed by atoms with Crippen LogP contribution in [0.1, 0.15) is 23.7 Å². The van der Waals surface area contributed by atoms with Crippen LogP contribution in [0.15, 0.2) is 48.5 Å². The molecule has 2 aromatic carbocycles. The van der Waals surface area contributed by atoms with Crippen molar-refractivity contribution in [2.75, 3.05) is 11.9 Å². The van der Waals surface area contributed by atoms with Crippen molar-refractivity contribution in [2.24, 2.45) is 5.92 Å². The molecule has 0 spiro atoms. The molecule has 1 amide bonds. The summed E-state index contributed by atoms with van der Waals surface area (Å²) in [7, 11) is 0. The second-order valence-electron chi connectivity index (χ2n) is 5.30. The second-order valence-corrected chi connectivity index (χ2v) is 5.30. The SMILES string of the molecule is CCCOc1cccc(C(=O)[C@@H](C#N)C(=O)Nc2ccc(F)cc2)c1. The summed E-state index contributed by atoms with van der Waals surface area (Å²) in [5, 5.41) is 11.7. The third-order valence-electron chi connectivity index (χ3n) is 3.36. The summed E-state index contributed by atoms with van der Waals surface area (Å²) in [4.78, 5) is 24.7. The van der Waals surface area contributed by atoms with Crippen LogP contribution in [0.4, 0.5) is 10.1 Å². The molecule has 0 bridgehead atoms. The number of nitrogens with one attached hydrogen (secondary N) is 1. The van der Waals surface area contributed by atoms with Gasteiger partial charge in [-0.05, 0) is 42.8 Å². The number of nitriles is 1. The minimum Gasteiger partial charge on any atom is -0.494 e. The number of anilines is 1. The zero-order chi connectivity index (χ0) is 18.2. The molecule has 1 N–H and O–H groups in total. The van der Waals surface area contributed by atoms with Gasteiger partial charge in [-0.1, -0.05) is 19.1 Å². The molecule has 0 saturated carbocycles. The fourth-order valence-electron chi connectivity index (χ4n) is 2.11. The number of rotatable bonds is 7. The lowest BCUT2D eigenvalue weighted by Crippen LogP contribution is -2.28. The van der Waals surface area contributed by atoms with Gasteiger partial charge in [-0.3, -0.25) is 9.59 Å². The maximum atomic E-state index is 12.9. The summed E-state index contributed by atoms with van der Waals surface area (Å²) in [6.45, 7) is 2.46. The number of hydrogen-bond donors (Lipinski definition) is 1. The fraction of sp³-hybridized carbons (Fsp3) is 0.211. The maximum absolute atomic E-state index is 12.9. The molecule has 0 aromatic heterocycles. The molecule has 0 radical (unpaired) electrons. The molecule has 0 fully saturated rings. The lowest BCUT2D eigenvalue weighted by molar-refractivity contribution is -0.117.